The summed E-state index contributed by atoms with van der Waals surface area (Å²) in [6.07, 6.45) is 0. The first kappa shape index (κ1) is 10.2. The van der Waals surface area contributed by atoms with E-state index in [9.17, 15) is 0 Å². The standard InChI is InChI=1S/C12H16BrN/c1-12(2)8-14-7-11(12)9-3-5-10(13)6-4-9/h3-6,11,14H,7-8H2,1-2H3/t11-/m0/s1. The molecule has 0 saturated carbocycles. The van der Waals surface area contributed by atoms with Crippen LogP contribution in [0.25, 0.3) is 0 Å². The van der Waals surface area contributed by atoms with Gasteiger partial charge in [-0.15, -0.1) is 0 Å². The highest BCUT2D eigenvalue weighted by atomic mass is 79.9. The summed E-state index contributed by atoms with van der Waals surface area (Å²) in [4.78, 5) is 0. The Hall–Kier alpha value is -0.340. The number of benzene rings is 1. The number of rotatable bonds is 1. The van der Waals surface area contributed by atoms with Crippen LogP contribution in [0.4, 0.5) is 0 Å². The number of halogens is 1. The van der Waals surface area contributed by atoms with Crippen molar-refractivity contribution in [2.45, 2.75) is 19.8 Å². The number of hydrogen-bond donors (Lipinski definition) is 1. The normalized spacial score (nSPS) is 25.2. The molecule has 14 heavy (non-hydrogen) atoms. The minimum absolute atomic E-state index is 0.383. The van der Waals surface area contributed by atoms with Crippen molar-refractivity contribution in [3.05, 3.63) is 34.3 Å². The van der Waals surface area contributed by atoms with Crippen LogP contribution in [0.5, 0.6) is 0 Å². The summed E-state index contributed by atoms with van der Waals surface area (Å²) in [5, 5.41) is 3.46. The molecule has 2 rings (SSSR count). The van der Waals surface area contributed by atoms with Crippen molar-refractivity contribution in [1.82, 2.24) is 5.32 Å². The first-order valence-electron chi connectivity index (χ1n) is 5.06. The maximum Gasteiger partial charge on any atom is 0.0175 e. The van der Waals surface area contributed by atoms with E-state index in [1.54, 1.807) is 0 Å². The lowest BCUT2D eigenvalue weighted by Crippen LogP contribution is -2.20. The Morgan fingerprint density at radius 3 is 2.43 bits per heavy atom. The average Bonchev–Trinajstić information content (AvgIpc) is 2.47. The minimum atomic E-state index is 0.383. The summed E-state index contributed by atoms with van der Waals surface area (Å²) in [5.41, 5.74) is 1.83. The Kier molecular flexibility index (Phi) is 2.67. The van der Waals surface area contributed by atoms with E-state index in [2.05, 4.69) is 59.4 Å². The zero-order valence-electron chi connectivity index (χ0n) is 8.68. The van der Waals surface area contributed by atoms with E-state index in [4.69, 9.17) is 0 Å². The van der Waals surface area contributed by atoms with Crippen LogP contribution in [0, 0.1) is 5.41 Å². The van der Waals surface area contributed by atoms with Crippen molar-refractivity contribution < 1.29 is 0 Å². The summed E-state index contributed by atoms with van der Waals surface area (Å²) in [7, 11) is 0. The third kappa shape index (κ3) is 1.86. The van der Waals surface area contributed by atoms with Crippen molar-refractivity contribution in [3.8, 4) is 0 Å². The van der Waals surface area contributed by atoms with Crippen LogP contribution < -0.4 is 5.32 Å². The van der Waals surface area contributed by atoms with Crippen LogP contribution >= 0.6 is 15.9 Å². The molecule has 1 aromatic rings. The minimum Gasteiger partial charge on any atom is -0.316 e. The average molecular weight is 254 g/mol. The summed E-state index contributed by atoms with van der Waals surface area (Å²) in [5.74, 6) is 0.649. The lowest BCUT2D eigenvalue weighted by Gasteiger charge is -2.26. The molecule has 0 spiro atoms. The predicted octanol–water partition coefficient (Wildman–Crippen LogP) is 3.16. The van der Waals surface area contributed by atoms with Crippen molar-refractivity contribution in [2.24, 2.45) is 5.41 Å². The summed E-state index contributed by atoms with van der Waals surface area (Å²) in [6, 6.07) is 8.71. The van der Waals surface area contributed by atoms with Gasteiger partial charge in [0.15, 0.2) is 0 Å². The molecule has 1 aliphatic heterocycles. The molecule has 0 aliphatic carbocycles. The summed E-state index contributed by atoms with van der Waals surface area (Å²) < 4.78 is 1.16. The molecule has 1 N–H and O–H groups in total. The Bertz CT molecular complexity index is 316. The lowest BCUT2D eigenvalue weighted by atomic mass is 9.78. The Labute approximate surface area is 94.0 Å². The van der Waals surface area contributed by atoms with E-state index in [0.717, 1.165) is 17.6 Å². The van der Waals surface area contributed by atoms with Crippen molar-refractivity contribution >= 4 is 15.9 Å². The Morgan fingerprint density at radius 2 is 1.93 bits per heavy atom. The van der Waals surface area contributed by atoms with Gasteiger partial charge in [-0.05, 0) is 23.1 Å². The largest absolute Gasteiger partial charge is 0.316 e. The fourth-order valence-corrected chi connectivity index (χ4v) is 2.47. The molecule has 1 fully saturated rings. The predicted molar refractivity (Wildman–Crippen MR) is 63.5 cm³/mol. The molecular formula is C12H16BrN. The zero-order valence-corrected chi connectivity index (χ0v) is 10.3. The van der Waals surface area contributed by atoms with E-state index in [-0.39, 0.29) is 0 Å². The van der Waals surface area contributed by atoms with Gasteiger partial charge in [0.1, 0.15) is 0 Å². The molecule has 0 amide bonds. The van der Waals surface area contributed by atoms with Crippen LogP contribution in [0.3, 0.4) is 0 Å². The highest BCUT2D eigenvalue weighted by Gasteiger charge is 2.35. The molecule has 76 valence electrons. The van der Waals surface area contributed by atoms with Gasteiger partial charge in [0.2, 0.25) is 0 Å². The fraction of sp³-hybridized carbons (Fsp3) is 0.500. The Morgan fingerprint density at radius 1 is 1.29 bits per heavy atom. The first-order valence-corrected chi connectivity index (χ1v) is 5.85. The zero-order chi connectivity index (χ0) is 10.2. The second kappa shape index (κ2) is 3.67. The molecule has 1 saturated heterocycles. The van der Waals surface area contributed by atoms with E-state index in [1.807, 2.05) is 0 Å². The molecular weight excluding hydrogens is 238 g/mol. The Balaban J connectivity index is 2.27. The van der Waals surface area contributed by atoms with Crippen LogP contribution in [0.2, 0.25) is 0 Å². The molecule has 1 aliphatic rings. The smallest absolute Gasteiger partial charge is 0.0175 e. The maximum atomic E-state index is 3.47. The van der Waals surface area contributed by atoms with Crippen LogP contribution in [0.15, 0.2) is 28.7 Å². The topological polar surface area (TPSA) is 12.0 Å². The highest BCUT2D eigenvalue weighted by molar-refractivity contribution is 9.10. The summed E-state index contributed by atoms with van der Waals surface area (Å²) in [6.45, 7) is 6.89. The second-order valence-electron chi connectivity index (χ2n) is 4.72. The molecule has 1 heterocycles. The third-order valence-corrected chi connectivity index (χ3v) is 3.67. The molecule has 2 heteroatoms. The molecule has 0 unspecified atom stereocenters. The lowest BCUT2D eigenvalue weighted by molar-refractivity contribution is 0.363. The molecule has 1 aromatic carbocycles. The molecule has 1 nitrogen and oxygen atoms in total. The van der Waals surface area contributed by atoms with E-state index < -0.39 is 0 Å². The van der Waals surface area contributed by atoms with Gasteiger partial charge in [0.25, 0.3) is 0 Å². The fourth-order valence-electron chi connectivity index (χ4n) is 2.20. The first-order chi connectivity index (χ1) is 6.59. The molecule has 0 radical (unpaired) electrons. The van der Waals surface area contributed by atoms with Crippen molar-refractivity contribution in [1.29, 1.82) is 0 Å². The van der Waals surface area contributed by atoms with Gasteiger partial charge in [0, 0.05) is 23.5 Å². The van der Waals surface area contributed by atoms with Crippen LogP contribution in [-0.4, -0.2) is 13.1 Å². The highest BCUT2D eigenvalue weighted by Crippen LogP contribution is 2.38. The molecule has 0 bridgehead atoms. The summed E-state index contributed by atoms with van der Waals surface area (Å²) >= 11 is 3.47. The van der Waals surface area contributed by atoms with Gasteiger partial charge in [-0.2, -0.15) is 0 Å². The van der Waals surface area contributed by atoms with Crippen LogP contribution in [0.1, 0.15) is 25.3 Å². The van der Waals surface area contributed by atoms with Crippen molar-refractivity contribution in [3.63, 3.8) is 0 Å². The number of nitrogens with one attached hydrogen (secondary N) is 1. The van der Waals surface area contributed by atoms with E-state index in [1.165, 1.54) is 5.56 Å². The van der Waals surface area contributed by atoms with Gasteiger partial charge < -0.3 is 5.32 Å². The monoisotopic (exact) mass is 253 g/mol. The molecule has 0 aromatic heterocycles. The quantitative estimate of drug-likeness (QED) is 0.811. The van der Waals surface area contributed by atoms with Gasteiger partial charge in [-0.25, -0.2) is 0 Å². The SMILES string of the molecule is CC1(C)CNC[C@H]1c1ccc(Br)cc1. The van der Waals surface area contributed by atoms with E-state index in [0.29, 0.717) is 11.3 Å². The van der Waals surface area contributed by atoms with Gasteiger partial charge in [0.05, 0.1) is 0 Å². The van der Waals surface area contributed by atoms with Gasteiger partial charge in [-0.1, -0.05) is 41.9 Å². The van der Waals surface area contributed by atoms with E-state index >= 15 is 0 Å². The van der Waals surface area contributed by atoms with Gasteiger partial charge >= 0.3 is 0 Å². The van der Waals surface area contributed by atoms with Gasteiger partial charge in [-0.3, -0.25) is 0 Å². The second-order valence-corrected chi connectivity index (χ2v) is 5.64. The third-order valence-electron chi connectivity index (χ3n) is 3.14. The molecule has 1 atom stereocenters. The van der Waals surface area contributed by atoms with Crippen molar-refractivity contribution in [2.75, 3.05) is 13.1 Å². The number of hydrogen-bond acceptors (Lipinski definition) is 1. The maximum absolute atomic E-state index is 3.47. The van der Waals surface area contributed by atoms with Crippen LogP contribution in [-0.2, 0) is 0 Å².